The number of methoxy groups -OCH3 is 1. The van der Waals surface area contributed by atoms with Crippen molar-refractivity contribution in [3.8, 4) is 23.0 Å². The summed E-state index contributed by atoms with van der Waals surface area (Å²) in [5, 5.41) is 19.5. The number of carbonyl (C=O) groups excluding carboxylic acids is 2. The van der Waals surface area contributed by atoms with Crippen LogP contribution in [0.15, 0.2) is 28.9 Å². The van der Waals surface area contributed by atoms with Crippen LogP contribution in [0.1, 0.15) is 39.4 Å². The maximum atomic E-state index is 12.4. The van der Waals surface area contributed by atoms with Crippen molar-refractivity contribution >= 4 is 18.3 Å². The number of aromatic nitrogens is 3. The van der Waals surface area contributed by atoms with E-state index < -0.39 is 11.9 Å². The molecule has 2 aromatic heterocycles. The first-order valence-electron chi connectivity index (χ1n) is 9.26. The number of carboxylic acid groups (broad SMARTS) is 1. The molecule has 0 spiro atoms. The van der Waals surface area contributed by atoms with Crippen LogP contribution < -0.4 is 10.1 Å². The topological polar surface area (TPSA) is 177 Å². The zero-order valence-electron chi connectivity index (χ0n) is 17.5. The van der Waals surface area contributed by atoms with Gasteiger partial charge in [0.25, 0.3) is 12.4 Å². The van der Waals surface area contributed by atoms with Gasteiger partial charge in [-0.15, -0.1) is 0 Å². The average molecular weight is 446 g/mol. The quantitative estimate of drug-likeness (QED) is 0.309. The lowest BCUT2D eigenvalue weighted by Gasteiger charge is -2.04. The number of rotatable bonds is 7. The minimum atomic E-state index is -0.658. The van der Waals surface area contributed by atoms with Gasteiger partial charge in [0.15, 0.2) is 22.9 Å². The molecule has 0 radical (unpaired) electrons. The Morgan fingerprint density at radius 3 is 2.69 bits per heavy atom. The van der Waals surface area contributed by atoms with Crippen molar-refractivity contribution in [3.05, 3.63) is 47.4 Å². The number of H-pyrrole nitrogens is 1. The molecular formula is C20H22N4O8. The highest BCUT2D eigenvalue weighted by molar-refractivity contribution is 6.02. The number of aromatic amines is 1. The number of hydrogen-bond acceptors (Lipinski definition) is 9. The Balaban J connectivity index is 0.00000114. The van der Waals surface area contributed by atoms with Crippen molar-refractivity contribution in [1.29, 1.82) is 0 Å². The van der Waals surface area contributed by atoms with E-state index in [1.54, 1.807) is 26.0 Å². The van der Waals surface area contributed by atoms with Crippen molar-refractivity contribution in [2.45, 2.75) is 20.4 Å². The number of nitrogens with zero attached hydrogens (tertiary/aromatic N) is 2. The highest BCUT2D eigenvalue weighted by Crippen LogP contribution is 2.31. The second-order valence-corrected chi connectivity index (χ2v) is 6.04. The third-order valence-electron chi connectivity index (χ3n) is 4.07. The van der Waals surface area contributed by atoms with E-state index in [1.165, 1.54) is 19.5 Å². The Labute approximate surface area is 182 Å². The number of aromatic hydroxyl groups is 1. The largest absolute Gasteiger partial charge is 0.504 e. The highest BCUT2D eigenvalue weighted by atomic mass is 16.5. The Kier molecular flexibility index (Phi) is 8.34. The highest BCUT2D eigenvalue weighted by Gasteiger charge is 2.22. The van der Waals surface area contributed by atoms with Crippen LogP contribution in [0.3, 0.4) is 0 Å². The number of imidazole rings is 1. The zero-order chi connectivity index (χ0) is 23.7. The average Bonchev–Trinajstić information content (AvgIpc) is 3.40. The first-order chi connectivity index (χ1) is 15.4. The van der Waals surface area contributed by atoms with E-state index in [2.05, 4.69) is 20.3 Å². The molecule has 32 heavy (non-hydrogen) atoms. The molecule has 3 aromatic rings. The van der Waals surface area contributed by atoms with E-state index >= 15 is 0 Å². The maximum Gasteiger partial charge on any atom is 0.357 e. The normalized spacial score (nSPS) is 9.97. The Morgan fingerprint density at radius 2 is 2.06 bits per heavy atom. The molecule has 170 valence electrons. The summed E-state index contributed by atoms with van der Waals surface area (Å²) < 4.78 is 15.5. The van der Waals surface area contributed by atoms with E-state index in [9.17, 15) is 14.7 Å². The van der Waals surface area contributed by atoms with Gasteiger partial charge in [0.1, 0.15) is 11.5 Å². The lowest BCUT2D eigenvalue weighted by molar-refractivity contribution is -0.122. The molecule has 2 heterocycles. The van der Waals surface area contributed by atoms with Crippen LogP contribution in [0.25, 0.3) is 11.5 Å². The molecule has 1 aromatic carbocycles. The van der Waals surface area contributed by atoms with Gasteiger partial charge in [-0.05, 0) is 32.0 Å². The SMILES string of the molecule is CCOC(=O)c1[nH]cnc1C(=O)NCc1nc(-c2ccc(OC)c(O)c2)oc1C.O=CO. The molecular weight excluding hydrogens is 424 g/mol. The second kappa shape index (κ2) is 11.2. The molecule has 0 aliphatic heterocycles. The monoisotopic (exact) mass is 446 g/mol. The molecule has 3 rings (SSSR count). The molecule has 1 amide bonds. The summed E-state index contributed by atoms with van der Waals surface area (Å²) in [7, 11) is 1.46. The summed E-state index contributed by atoms with van der Waals surface area (Å²) in [5.74, 6) is -0.128. The zero-order valence-corrected chi connectivity index (χ0v) is 17.5. The number of carbonyl (C=O) groups is 3. The maximum absolute atomic E-state index is 12.4. The first kappa shape index (κ1) is 23.9. The molecule has 4 N–H and O–H groups in total. The lowest BCUT2D eigenvalue weighted by Crippen LogP contribution is -2.26. The number of esters is 1. The number of benzene rings is 1. The number of ether oxygens (including phenoxy) is 2. The Bertz CT molecular complexity index is 1090. The fourth-order valence-corrected chi connectivity index (χ4v) is 2.61. The van der Waals surface area contributed by atoms with Gasteiger partial charge in [-0.25, -0.2) is 14.8 Å². The van der Waals surface area contributed by atoms with Gasteiger partial charge >= 0.3 is 5.97 Å². The fourth-order valence-electron chi connectivity index (χ4n) is 2.61. The van der Waals surface area contributed by atoms with Crippen molar-refractivity contribution in [2.75, 3.05) is 13.7 Å². The van der Waals surface area contributed by atoms with Crippen LogP contribution in [-0.4, -0.2) is 57.2 Å². The van der Waals surface area contributed by atoms with Crippen LogP contribution in [0.4, 0.5) is 0 Å². The second-order valence-electron chi connectivity index (χ2n) is 6.04. The molecule has 12 heteroatoms. The molecule has 0 saturated heterocycles. The van der Waals surface area contributed by atoms with Gasteiger partial charge in [-0.3, -0.25) is 9.59 Å². The summed E-state index contributed by atoms with van der Waals surface area (Å²) in [6, 6.07) is 4.77. The molecule has 0 fully saturated rings. The predicted octanol–water partition coefficient (Wildman–Crippen LogP) is 1.89. The van der Waals surface area contributed by atoms with Gasteiger partial charge in [0.05, 0.1) is 26.6 Å². The number of aryl methyl sites for hydroxylation is 1. The minimum Gasteiger partial charge on any atom is -0.504 e. The molecule has 0 atom stereocenters. The summed E-state index contributed by atoms with van der Waals surface area (Å²) in [6.45, 7) is 3.37. The van der Waals surface area contributed by atoms with Crippen molar-refractivity contribution in [2.24, 2.45) is 0 Å². The molecule has 0 unspecified atom stereocenters. The van der Waals surface area contributed by atoms with Gasteiger partial charge in [0, 0.05) is 5.56 Å². The number of oxazole rings is 1. The number of nitrogens with one attached hydrogen (secondary N) is 2. The van der Waals surface area contributed by atoms with Crippen LogP contribution in [-0.2, 0) is 16.1 Å². The van der Waals surface area contributed by atoms with Crippen LogP contribution in [0.5, 0.6) is 11.5 Å². The van der Waals surface area contributed by atoms with Gasteiger partial charge in [0.2, 0.25) is 5.89 Å². The first-order valence-corrected chi connectivity index (χ1v) is 9.26. The van der Waals surface area contributed by atoms with E-state index in [4.69, 9.17) is 23.8 Å². The fraction of sp³-hybridized carbons (Fsp3) is 0.250. The van der Waals surface area contributed by atoms with Gasteiger partial charge < -0.3 is 34.4 Å². The molecule has 0 aliphatic carbocycles. The minimum absolute atomic E-state index is 0.0179. The number of phenols is 1. The van der Waals surface area contributed by atoms with E-state index in [0.29, 0.717) is 22.8 Å². The third-order valence-corrected chi connectivity index (χ3v) is 4.07. The molecule has 0 bridgehead atoms. The summed E-state index contributed by atoms with van der Waals surface area (Å²) in [6.07, 6.45) is 1.25. The molecule has 0 saturated carbocycles. The summed E-state index contributed by atoms with van der Waals surface area (Å²) in [5.41, 5.74) is 0.971. The van der Waals surface area contributed by atoms with Gasteiger partial charge in [-0.2, -0.15) is 0 Å². The van der Waals surface area contributed by atoms with Crippen molar-refractivity contribution < 1.29 is 38.5 Å². The summed E-state index contributed by atoms with van der Waals surface area (Å²) in [4.78, 5) is 43.5. The van der Waals surface area contributed by atoms with E-state index in [1.807, 2.05) is 0 Å². The number of phenolic OH excluding ortho intramolecular Hbond substituents is 1. The van der Waals surface area contributed by atoms with E-state index in [-0.39, 0.29) is 42.7 Å². The van der Waals surface area contributed by atoms with Crippen molar-refractivity contribution in [3.63, 3.8) is 0 Å². The number of hydrogen-bond donors (Lipinski definition) is 4. The van der Waals surface area contributed by atoms with Crippen LogP contribution in [0.2, 0.25) is 0 Å². The van der Waals surface area contributed by atoms with Crippen molar-refractivity contribution in [1.82, 2.24) is 20.3 Å². The van der Waals surface area contributed by atoms with E-state index in [0.717, 1.165) is 0 Å². The Hall–Kier alpha value is -4.35. The van der Waals surface area contributed by atoms with Crippen LogP contribution in [0, 0.1) is 6.92 Å². The smallest absolute Gasteiger partial charge is 0.357 e. The molecule has 12 nitrogen and oxygen atoms in total. The Morgan fingerprint density at radius 1 is 1.34 bits per heavy atom. The standard InChI is InChI=1S/C19H20N4O6.CH2O2/c1-4-28-19(26)16-15(21-9-22-16)17(25)20-8-12-10(2)29-18(23-12)11-5-6-14(27-3)13(24)7-11;2-1-3/h5-7,9,24H,4,8H2,1-3H3,(H,20,25)(H,21,22);1H,(H,2,3). The third kappa shape index (κ3) is 5.62. The molecule has 0 aliphatic rings. The lowest BCUT2D eigenvalue weighted by atomic mass is 10.2. The predicted molar refractivity (Wildman–Crippen MR) is 109 cm³/mol. The van der Waals surface area contributed by atoms with Crippen LogP contribution >= 0.6 is 0 Å². The summed E-state index contributed by atoms with van der Waals surface area (Å²) >= 11 is 0. The van der Waals surface area contributed by atoms with Gasteiger partial charge in [-0.1, -0.05) is 0 Å². The number of amides is 1.